The van der Waals surface area contributed by atoms with Crippen LogP contribution in [0.2, 0.25) is 0 Å². The van der Waals surface area contributed by atoms with Crippen LogP contribution in [0.1, 0.15) is 17.0 Å². The molecule has 1 aromatic rings. The van der Waals surface area contributed by atoms with Crippen molar-refractivity contribution in [2.45, 2.75) is 26.9 Å². The van der Waals surface area contributed by atoms with Crippen molar-refractivity contribution in [2.75, 3.05) is 32.3 Å². The van der Waals surface area contributed by atoms with Crippen molar-refractivity contribution in [3.05, 3.63) is 17.0 Å². The van der Waals surface area contributed by atoms with E-state index >= 15 is 0 Å². The predicted molar refractivity (Wildman–Crippen MR) is 75.0 cm³/mol. The van der Waals surface area contributed by atoms with Gasteiger partial charge in [-0.25, -0.2) is 8.42 Å². The monoisotopic (exact) mass is 289 g/mol. The summed E-state index contributed by atoms with van der Waals surface area (Å²) in [4.78, 5) is 0. The van der Waals surface area contributed by atoms with E-state index in [9.17, 15) is 8.42 Å². The summed E-state index contributed by atoms with van der Waals surface area (Å²) in [5.41, 5.74) is 3.09. The Balaban J connectivity index is 2.66. The van der Waals surface area contributed by atoms with Gasteiger partial charge in [-0.05, 0) is 13.8 Å². The molecule has 0 atom stereocenters. The number of nitrogens with zero attached hydrogens (tertiary/aromatic N) is 2. The molecule has 0 amide bonds. The average Bonchev–Trinajstić information content (AvgIpc) is 2.58. The van der Waals surface area contributed by atoms with E-state index in [0.29, 0.717) is 13.2 Å². The molecule has 0 aliphatic carbocycles. The first-order valence-electron chi connectivity index (χ1n) is 6.25. The summed E-state index contributed by atoms with van der Waals surface area (Å²) in [7, 11) is -1.29. The molecule has 7 heteroatoms. The Bertz CT molecular complexity index is 509. The number of sulfone groups is 1. The fourth-order valence-electron chi connectivity index (χ4n) is 1.85. The molecule has 0 unspecified atom stereocenters. The van der Waals surface area contributed by atoms with Crippen LogP contribution in [0.25, 0.3) is 0 Å². The number of aromatic nitrogens is 2. The minimum absolute atomic E-state index is 0.117. The summed E-state index contributed by atoms with van der Waals surface area (Å²) < 4.78 is 29.1. The molecule has 0 aliphatic heterocycles. The van der Waals surface area contributed by atoms with E-state index < -0.39 is 9.84 Å². The molecule has 0 aromatic carbocycles. The number of hydrogen-bond acceptors (Lipinski definition) is 5. The molecule has 1 aromatic heterocycles. The van der Waals surface area contributed by atoms with Crippen molar-refractivity contribution < 1.29 is 13.2 Å². The molecule has 0 saturated carbocycles. The third kappa shape index (κ3) is 5.30. The molecule has 0 radical (unpaired) electrons. The van der Waals surface area contributed by atoms with Crippen LogP contribution in [0.3, 0.4) is 0 Å². The second-order valence-electron chi connectivity index (χ2n) is 4.67. The summed E-state index contributed by atoms with van der Waals surface area (Å²) in [5, 5.41) is 7.67. The second kappa shape index (κ2) is 7.02. The average molecular weight is 289 g/mol. The van der Waals surface area contributed by atoms with Crippen LogP contribution < -0.4 is 5.32 Å². The number of aryl methyl sites for hydroxylation is 2. The van der Waals surface area contributed by atoms with E-state index in [1.165, 1.54) is 6.26 Å². The quantitative estimate of drug-likeness (QED) is 0.696. The lowest BCUT2D eigenvalue weighted by molar-refractivity contribution is 0.199. The Morgan fingerprint density at radius 3 is 2.63 bits per heavy atom. The highest BCUT2D eigenvalue weighted by Gasteiger charge is 2.12. The summed E-state index contributed by atoms with van der Waals surface area (Å²) >= 11 is 0. The normalized spacial score (nSPS) is 12.0. The maximum Gasteiger partial charge on any atom is 0.149 e. The van der Waals surface area contributed by atoms with E-state index in [4.69, 9.17) is 4.74 Å². The highest BCUT2D eigenvalue weighted by atomic mass is 32.2. The fraction of sp³-hybridized carbons (Fsp3) is 0.750. The molecule has 0 saturated heterocycles. The number of hydrogen-bond donors (Lipinski definition) is 1. The van der Waals surface area contributed by atoms with Crippen molar-refractivity contribution in [1.82, 2.24) is 15.1 Å². The van der Waals surface area contributed by atoms with Gasteiger partial charge in [-0.15, -0.1) is 0 Å². The Kier molecular flexibility index (Phi) is 5.96. The maximum atomic E-state index is 11.2. The zero-order valence-corrected chi connectivity index (χ0v) is 12.9. The summed E-state index contributed by atoms with van der Waals surface area (Å²) in [6, 6.07) is 0. The first-order valence-corrected chi connectivity index (χ1v) is 8.31. The lowest BCUT2D eigenvalue weighted by Gasteiger charge is -2.06. The van der Waals surface area contributed by atoms with Gasteiger partial charge >= 0.3 is 0 Å². The molecule has 110 valence electrons. The topological polar surface area (TPSA) is 73.2 Å². The van der Waals surface area contributed by atoms with Crippen LogP contribution in [-0.2, 0) is 27.7 Å². The highest BCUT2D eigenvalue weighted by molar-refractivity contribution is 7.90. The number of nitrogens with one attached hydrogen (secondary N) is 1. The molecular weight excluding hydrogens is 266 g/mol. The van der Waals surface area contributed by atoms with Crippen molar-refractivity contribution in [1.29, 1.82) is 0 Å². The van der Waals surface area contributed by atoms with Gasteiger partial charge in [0, 0.05) is 37.7 Å². The molecule has 6 nitrogen and oxygen atoms in total. The van der Waals surface area contributed by atoms with Crippen LogP contribution in [0.5, 0.6) is 0 Å². The molecule has 1 N–H and O–H groups in total. The maximum absolute atomic E-state index is 11.2. The second-order valence-corrected chi connectivity index (χ2v) is 6.93. The van der Waals surface area contributed by atoms with Crippen LogP contribution >= 0.6 is 0 Å². The summed E-state index contributed by atoms with van der Waals surface area (Å²) in [6.07, 6.45) is 1.24. The van der Waals surface area contributed by atoms with E-state index in [2.05, 4.69) is 10.4 Å². The van der Waals surface area contributed by atoms with Crippen molar-refractivity contribution in [2.24, 2.45) is 0 Å². The molecule has 19 heavy (non-hydrogen) atoms. The van der Waals surface area contributed by atoms with Gasteiger partial charge in [-0.2, -0.15) is 5.10 Å². The largest absolute Gasteiger partial charge is 0.383 e. The lowest BCUT2D eigenvalue weighted by atomic mass is 10.2. The summed E-state index contributed by atoms with van der Waals surface area (Å²) in [6.45, 7) is 6.49. The van der Waals surface area contributed by atoms with Gasteiger partial charge in [-0.3, -0.25) is 4.68 Å². The molecule has 0 aliphatic rings. The van der Waals surface area contributed by atoms with Gasteiger partial charge in [0.05, 0.1) is 24.6 Å². The van der Waals surface area contributed by atoms with E-state index in [0.717, 1.165) is 30.0 Å². The molecule has 0 bridgehead atoms. The third-order valence-electron chi connectivity index (χ3n) is 2.99. The van der Waals surface area contributed by atoms with E-state index in [1.807, 2.05) is 13.8 Å². The van der Waals surface area contributed by atoms with Gasteiger partial charge in [0.1, 0.15) is 9.84 Å². The van der Waals surface area contributed by atoms with Crippen molar-refractivity contribution >= 4 is 9.84 Å². The van der Waals surface area contributed by atoms with Gasteiger partial charge in [0.25, 0.3) is 0 Å². The third-order valence-corrected chi connectivity index (χ3v) is 3.91. The van der Waals surface area contributed by atoms with Crippen LogP contribution in [-0.4, -0.2) is 50.5 Å². The Hall–Kier alpha value is -0.920. The van der Waals surface area contributed by atoms with Gasteiger partial charge in [0.15, 0.2) is 0 Å². The number of rotatable bonds is 8. The first kappa shape index (κ1) is 16.1. The molecule has 0 fully saturated rings. The van der Waals surface area contributed by atoms with Crippen LogP contribution in [0.15, 0.2) is 0 Å². The minimum Gasteiger partial charge on any atom is -0.383 e. The molecule has 1 heterocycles. The Morgan fingerprint density at radius 1 is 1.37 bits per heavy atom. The van der Waals surface area contributed by atoms with Crippen LogP contribution in [0.4, 0.5) is 0 Å². The lowest BCUT2D eigenvalue weighted by Crippen LogP contribution is -2.19. The fourth-order valence-corrected chi connectivity index (χ4v) is 2.35. The summed E-state index contributed by atoms with van der Waals surface area (Å²) in [5.74, 6) is 0.117. The van der Waals surface area contributed by atoms with Gasteiger partial charge in [0.2, 0.25) is 0 Å². The van der Waals surface area contributed by atoms with E-state index in [-0.39, 0.29) is 5.75 Å². The van der Waals surface area contributed by atoms with Crippen molar-refractivity contribution in [3.8, 4) is 0 Å². The first-order chi connectivity index (χ1) is 8.85. The zero-order valence-electron chi connectivity index (χ0n) is 12.1. The Labute approximate surface area is 115 Å². The smallest absolute Gasteiger partial charge is 0.149 e. The van der Waals surface area contributed by atoms with Gasteiger partial charge < -0.3 is 10.1 Å². The van der Waals surface area contributed by atoms with Crippen molar-refractivity contribution in [3.63, 3.8) is 0 Å². The molecule has 0 spiro atoms. The minimum atomic E-state index is -2.96. The molecular formula is C12H23N3O3S. The number of ether oxygens (including phenoxy) is 1. The number of methoxy groups -OCH3 is 1. The van der Waals surface area contributed by atoms with Gasteiger partial charge in [-0.1, -0.05) is 0 Å². The van der Waals surface area contributed by atoms with Crippen LogP contribution in [0, 0.1) is 13.8 Å². The molecule has 1 rings (SSSR count). The van der Waals surface area contributed by atoms with E-state index in [1.54, 1.807) is 11.8 Å². The predicted octanol–water partition coefficient (Wildman–Crippen LogP) is 0.281. The zero-order chi connectivity index (χ0) is 14.5. The Morgan fingerprint density at radius 2 is 2.05 bits per heavy atom. The standard InChI is InChI=1S/C12H23N3O3S/c1-10-12(9-13-5-7-18-3)11(2)15(14-10)6-8-19(4,16)17/h13H,5-9H2,1-4H3. The highest BCUT2D eigenvalue weighted by Crippen LogP contribution is 2.12. The SMILES string of the molecule is COCCNCc1c(C)nn(CCS(C)(=O)=O)c1C.